The first kappa shape index (κ1) is 16.3. The first-order valence-corrected chi connectivity index (χ1v) is 8.99. The van der Waals surface area contributed by atoms with Gasteiger partial charge in [0.25, 0.3) is 0 Å². The van der Waals surface area contributed by atoms with Crippen molar-refractivity contribution in [1.82, 2.24) is 0 Å². The lowest BCUT2D eigenvalue weighted by Crippen LogP contribution is -2.01. The summed E-state index contributed by atoms with van der Waals surface area (Å²) in [5, 5.41) is 0. The second kappa shape index (κ2) is 7.75. The Morgan fingerprint density at radius 3 is 2.47 bits per heavy atom. The van der Waals surface area contributed by atoms with Gasteiger partial charge in [0.15, 0.2) is 0 Å². The molecular formula is C14H21ClO3S. The van der Waals surface area contributed by atoms with E-state index in [0.717, 1.165) is 25.0 Å². The van der Waals surface area contributed by atoms with Crippen LogP contribution in [-0.4, -0.2) is 20.8 Å². The van der Waals surface area contributed by atoms with E-state index in [0.29, 0.717) is 13.0 Å². The molecule has 0 aliphatic rings. The van der Waals surface area contributed by atoms with Crippen molar-refractivity contribution in [3.8, 4) is 5.75 Å². The van der Waals surface area contributed by atoms with Crippen molar-refractivity contribution in [3.63, 3.8) is 0 Å². The largest absolute Gasteiger partial charge is 0.493 e. The third-order valence-electron chi connectivity index (χ3n) is 3.09. The van der Waals surface area contributed by atoms with Gasteiger partial charge in [0.05, 0.1) is 12.4 Å². The van der Waals surface area contributed by atoms with E-state index in [-0.39, 0.29) is 5.75 Å². The van der Waals surface area contributed by atoms with Crippen LogP contribution in [-0.2, 0) is 9.05 Å². The highest BCUT2D eigenvalue weighted by Gasteiger charge is 2.04. The number of benzene rings is 1. The zero-order valence-electron chi connectivity index (χ0n) is 11.5. The van der Waals surface area contributed by atoms with E-state index >= 15 is 0 Å². The molecule has 0 spiro atoms. The summed E-state index contributed by atoms with van der Waals surface area (Å²) in [6, 6.07) is 6.03. The second-order valence-corrected chi connectivity index (χ2v) is 7.60. The van der Waals surface area contributed by atoms with Crippen molar-refractivity contribution in [1.29, 1.82) is 0 Å². The fraction of sp³-hybridized carbons (Fsp3) is 0.571. The van der Waals surface area contributed by atoms with Crippen LogP contribution < -0.4 is 4.74 Å². The predicted molar refractivity (Wildman–Crippen MR) is 79.5 cm³/mol. The molecule has 0 N–H and O–H groups in total. The third kappa shape index (κ3) is 6.83. The topological polar surface area (TPSA) is 43.4 Å². The lowest BCUT2D eigenvalue weighted by molar-refractivity contribution is 0.303. The van der Waals surface area contributed by atoms with Gasteiger partial charge in [-0.05, 0) is 43.9 Å². The molecule has 0 fully saturated rings. The first-order chi connectivity index (χ1) is 8.90. The Bertz CT molecular complexity index is 497. The Labute approximate surface area is 120 Å². The summed E-state index contributed by atoms with van der Waals surface area (Å²) in [7, 11) is 1.80. The summed E-state index contributed by atoms with van der Waals surface area (Å²) in [6.07, 6.45) is 3.37. The van der Waals surface area contributed by atoms with Crippen molar-refractivity contribution in [2.45, 2.75) is 39.5 Å². The van der Waals surface area contributed by atoms with Crippen molar-refractivity contribution in [3.05, 3.63) is 29.3 Å². The minimum Gasteiger partial charge on any atom is -0.493 e. The summed E-state index contributed by atoms with van der Waals surface area (Å²) < 4.78 is 27.2. The highest BCUT2D eigenvalue weighted by atomic mass is 35.7. The minimum absolute atomic E-state index is 0.0619. The zero-order valence-corrected chi connectivity index (χ0v) is 13.1. The fourth-order valence-electron chi connectivity index (χ4n) is 1.79. The fourth-order valence-corrected chi connectivity index (χ4v) is 2.67. The SMILES string of the molecule is Cc1cccc(OCCCCCCS(=O)(=O)Cl)c1C. The minimum atomic E-state index is -3.33. The Balaban J connectivity index is 2.16. The van der Waals surface area contributed by atoms with Crippen molar-refractivity contribution < 1.29 is 13.2 Å². The second-order valence-electron chi connectivity index (χ2n) is 4.70. The van der Waals surface area contributed by atoms with Gasteiger partial charge in [-0.15, -0.1) is 0 Å². The van der Waals surface area contributed by atoms with Crippen LogP contribution in [0, 0.1) is 13.8 Å². The number of hydrogen-bond donors (Lipinski definition) is 0. The molecule has 1 aromatic rings. The Morgan fingerprint density at radius 1 is 1.11 bits per heavy atom. The molecule has 1 aromatic carbocycles. The molecule has 0 bridgehead atoms. The van der Waals surface area contributed by atoms with E-state index in [1.54, 1.807) is 0 Å². The van der Waals surface area contributed by atoms with Crippen LogP contribution in [0.1, 0.15) is 36.8 Å². The highest BCUT2D eigenvalue weighted by Crippen LogP contribution is 2.20. The van der Waals surface area contributed by atoms with Crippen LogP contribution in [0.15, 0.2) is 18.2 Å². The number of halogens is 1. The number of unbranched alkanes of at least 4 members (excludes halogenated alkanes) is 3. The maximum absolute atomic E-state index is 10.7. The molecule has 0 aliphatic carbocycles. The molecule has 0 aromatic heterocycles. The number of aryl methyl sites for hydroxylation is 1. The van der Waals surface area contributed by atoms with Gasteiger partial charge in [-0.3, -0.25) is 0 Å². The Morgan fingerprint density at radius 2 is 1.79 bits per heavy atom. The molecule has 5 heteroatoms. The van der Waals surface area contributed by atoms with Gasteiger partial charge in [0, 0.05) is 10.7 Å². The molecule has 0 amide bonds. The first-order valence-electron chi connectivity index (χ1n) is 6.51. The summed E-state index contributed by atoms with van der Waals surface area (Å²) in [4.78, 5) is 0. The lowest BCUT2D eigenvalue weighted by atomic mass is 10.1. The van der Waals surface area contributed by atoms with Gasteiger partial charge < -0.3 is 4.74 Å². The summed E-state index contributed by atoms with van der Waals surface area (Å²) in [5.74, 6) is 0.996. The molecule has 0 unspecified atom stereocenters. The molecule has 1 rings (SSSR count). The van der Waals surface area contributed by atoms with Gasteiger partial charge >= 0.3 is 0 Å². The maximum atomic E-state index is 10.7. The lowest BCUT2D eigenvalue weighted by Gasteiger charge is -2.10. The van der Waals surface area contributed by atoms with Crippen LogP contribution in [0.4, 0.5) is 0 Å². The van der Waals surface area contributed by atoms with E-state index in [1.165, 1.54) is 11.1 Å². The van der Waals surface area contributed by atoms with E-state index in [4.69, 9.17) is 15.4 Å². The van der Waals surface area contributed by atoms with Crippen molar-refractivity contribution >= 4 is 19.7 Å². The van der Waals surface area contributed by atoms with E-state index in [2.05, 4.69) is 19.9 Å². The van der Waals surface area contributed by atoms with Crippen molar-refractivity contribution in [2.75, 3.05) is 12.4 Å². The molecule has 0 aliphatic heterocycles. The van der Waals surface area contributed by atoms with E-state index in [9.17, 15) is 8.42 Å². The summed E-state index contributed by atoms with van der Waals surface area (Å²) in [6.45, 7) is 4.78. The zero-order chi connectivity index (χ0) is 14.3. The molecule has 0 radical (unpaired) electrons. The van der Waals surface area contributed by atoms with Gasteiger partial charge in [-0.2, -0.15) is 0 Å². The van der Waals surface area contributed by atoms with Gasteiger partial charge in [-0.1, -0.05) is 25.0 Å². The molecular weight excluding hydrogens is 284 g/mol. The van der Waals surface area contributed by atoms with Crippen LogP contribution >= 0.6 is 10.7 Å². The molecule has 19 heavy (non-hydrogen) atoms. The monoisotopic (exact) mass is 304 g/mol. The number of rotatable bonds is 8. The van der Waals surface area contributed by atoms with Crippen LogP contribution in [0.5, 0.6) is 5.75 Å². The van der Waals surface area contributed by atoms with Crippen LogP contribution in [0.3, 0.4) is 0 Å². The maximum Gasteiger partial charge on any atom is 0.232 e. The van der Waals surface area contributed by atoms with Gasteiger partial charge in [0.2, 0.25) is 9.05 Å². The Kier molecular flexibility index (Phi) is 6.66. The van der Waals surface area contributed by atoms with Crippen LogP contribution in [0.25, 0.3) is 0 Å². The normalized spacial score (nSPS) is 11.5. The average Bonchev–Trinajstić information content (AvgIpc) is 2.31. The molecule has 0 atom stereocenters. The standard InChI is InChI=1S/C14H21ClO3S/c1-12-8-7-9-14(13(12)2)18-10-5-3-4-6-11-19(15,16)17/h7-9H,3-6,10-11H2,1-2H3. The number of hydrogen-bond acceptors (Lipinski definition) is 3. The molecule has 0 saturated carbocycles. The Hall–Kier alpha value is -0.740. The highest BCUT2D eigenvalue weighted by molar-refractivity contribution is 8.13. The quantitative estimate of drug-likeness (QED) is 0.542. The van der Waals surface area contributed by atoms with Crippen molar-refractivity contribution in [2.24, 2.45) is 0 Å². The van der Waals surface area contributed by atoms with Gasteiger partial charge in [-0.25, -0.2) is 8.42 Å². The summed E-state index contributed by atoms with van der Waals surface area (Å²) in [5.41, 5.74) is 2.40. The predicted octanol–water partition coefficient (Wildman–Crippen LogP) is 3.81. The molecule has 0 saturated heterocycles. The van der Waals surface area contributed by atoms with Gasteiger partial charge in [0.1, 0.15) is 5.75 Å². The van der Waals surface area contributed by atoms with E-state index < -0.39 is 9.05 Å². The molecule has 0 heterocycles. The van der Waals surface area contributed by atoms with Crippen LogP contribution in [0.2, 0.25) is 0 Å². The third-order valence-corrected chi connectivity index (χ3v) is 4.33. The smallest absolute Gasteiger partial charge is 0.232 e. The number of ether oxygens (including phenoxy) is 1. The molecule has 108 valence electrons. The average molecular weight is 305 g/mol. The molecule has 3 nitrogen and oxygen atoms in total. The summed E-state index contributed by atoms with van der Waals surface area (Å²) >= 11 is 0. The van der Waals surface area contributed by atoms with E-state index in [1.807, 2.05) is 12.1 Å².